The maximum absolute atomic E-state index is 13.2. The molecule has 35 heavy (non-hydrogen) atoms. The second-order valence-electron chi connectivity index (χ2n) is 7.35. The standard InChI is InChI=1S/C22H13F7N4OS/c1-11-6-18(33(32-11)20-30-17(10-35-20)12-2-4-16(23)5-3-12)31-19(34)13-7-14(21(24,25)26)9-15(8-13)22(27,28)29/h2-10H,1H3,(H,31,34). The first kappa shape index (κ1) is 24.4. The number of hydrogen-bond donors (Lipinski definition) is 1. The molecule has 0 bridgehead atoms. The third-order valence-corrected chi connectivity index (χ3v) is 5.55. The summed E-state index contributed by atoms with van der Waals surface area (Å²) in [6.45, 7) is 1.58. The summed E-state index contributed by atoms with van der Waals surface area (Å²) in [7, 11) is 0. The number of benzene rings is 2. The smallest absolute Gasteiger partial charge is 0.306 e. The number of nitrogens with zero attached hydrogens (tertiary/aromatic N) is 3. The van der Waals surface area contributed by atoms with Crippen LogP contribution in [-0.2, 0) is 12.4 Å². The van der Waals surface area contributed by atoms with Crippen molar-refractivity contribution in [3.63, 3.8) is 0 Å². The zero-order valence-corrected chi connectivity index (χ0v) is 18.3. The lowest BCUT2D eigenvalue weighted by Crippen LogP contribution is -2.18. The fourth-order valence-electron chi connectivity index (χ4n) is 3.12. The van der Waals surface area contributed by atoms with Crippen molar-refractivity contribution < 1.29 is 35.5 Å². The van der Waals surface area contributed by atoms with Gasteiger partial charge in [-0.3, -0.25) is 4.79 Å². The second kappa shape index (κ2) is 8.80. The maximum atomic E-state index is 13.2. The number of carbonyl (C=O) groups is 1. The van der Waals surface area contributed by atoms with Gasteiger partial charge in [-0.15, -0.1) is 11.3 Å². The molecule has 0 aliphatic heterocycles. The first-order valence-corrected chi connectivity index (χ1v) is 10.6. The van der Waals surface area contributed by atoms with E-state index in [1.165, 1.54) is 35.0 Å². The van der Waals surface area contributed by atoms with Gasteiger partial charge in [0.15, 0.2) is 0 Å². The molecule has 0 aliphatic rings. The highest BCUT2D eigenvalue weighted by atomic mass is 32.1. The Labute approximate surface area is 196 Å². The molecule has 13 heteroatoms. The van der Waals surface area contributed by atoms with Crippen LogP contribution in [0.15, 0.2) is 53.9 Å². The zero-order valence-electron chi connectivity index (χ0n) is 17.5. The van der Waals surface area contributed by atoms with Gasteiger partial charge in [0.05, 0.1) is 22.5 Å². The molecule has 0 spiro atoms. The molecular weight excluding hydrogens is 501 g/mol. The molecule has 182 valence electrons. The molecule has 2 aromatic heterocycles. The Morgan fingerprint density at radius 2 is 1.54 bits per heavy atom. The molecule has 4 rings (SSSR count). The summed E-state index contributed by atoms with van der Waals surface area (Å²) in [4.78, 5) is 17.1. The summed E-state index contributed by atoms with van der Waals surface area (Å²) in [6.07, 6.45) is -10.2. The number of thiazole rings is 1. The van der Waals surface area contributed by atoms with Gasteiger partial charge in [-0.1, -0.05) is 0 Å². The van der Waals surface area contributed by atoms with Gasteiger partial charge < -0.3 is 5.32 Å². The van der Waals surface area contributed by atoms with Crippen LogP contribution >= 0.6 is 11.3 Å². The summed E-state index contributed by atoms with van der Waals surface area (Å²) in [5.41, 5.74) is -2.56. The molecule has 0 unspecified atom stereocenters. The summed E-state index contributed by atoms with van der Waals surface area (Å²) in [5, 5.41) is 8.40. The Morgan fingerprint density at radius 1 is 0.943 bits per heavy atom. The normalized spacial score (nSPS) is 12.1. The van der Waals surface area contributed by atoms with Gasteiger partial charge in [0.25, 0.3) is 5.91 Å². The highest BCUT2D eigenvalue weighted by Gasteiger charge is 2.37. The molecular formula is C22H13F7N4OS. The summed E-state index contributed by atoms with van der Waals surface area (Å²) >= 11 is 1.11. The fourth-order valence-corrected chi connectivity index (χ4v) is 3.92. The quantitative estimate of drug-likeness (QED) is 0.307. The molecule has 2 heterocycles. The largest absolute Gasteiger partial charge is 0.416 e. The van der Waals surface area contributed by atoms with Crippen molar-refractivity contribution in [3.8, 4) is 16.4 Å². The number of halogens is 7. The zero-order chi connectivity index (χ0) is 25.5. The Kier molecular flexibility index (Phi) is 6.13. The van der Waals surface area contributed by atoms with Crippen LogP contribution in [0.4, 0.5) is 36.6 Å². The summed E-state index contributed by atoms with van der Waals surface area (Å²) < 4.78 is 93.2. The van der Waals surface area contributed by atoms with Crippen LogP contribution in [0.25, 0.3) is 16.4 Å². The lowest BCUT2D eigenvalue weighted by atomic mass is 10.0. The average molecular weight is 514 g/mol. The van der Waals surface area contributed by atoms with E-state index in [1.54, 1.807) is 12.3 Å². The number of hydrogen-bond acceptors (Lipinski definition) is 4. The lowest BCUT2D eigenvalue weighted by Gasteiger charge is -2.14. The van der Waals surface area contributed by atoms with Gasteiger partial charge in [-0.2, -0.15) is 36.1 Å². The first-order valence-electron chi connectivity index (χ1n) is 9.70. The molecule has 5 nitrogen and oxygen atoms in total. The molecule has 0 fully saturated rings. The molecule has 0 aliphatic carbocycles. The lowest BCUT2D eigenvalue weighted by molar-refractivity contribution is -0.143. The van der Waals surface area contributed by atoms with Crippen LogP contribution in [-0.4, -0.2) is 20.7 Å². The minimum Gasteiger partial charge on any atom is -0.306 e. The SMILES string of the molecule is Cc1cc(NC(=O)c2cc(C(F)(F)F)cc(C(F)(F)F)c2)n(-c2nc(-c3ccc(F)cc3)cs2)n1. The van der Waals surface area contributed by atoms with Crippen LogP contribution in [0.1, 0.15) is 27.2 Å². The predicted molar refractivity (Wildman–Crippen MR) is 114 cm³/mol. The van der Waals surface area contributed by atoms with E-state index >= 15 is 0 Å². The van der Waals surface area contributed by atoms with Crippen molar-refractivity contribution in [2.24, 2.45) is 0 Å². The van der Waals surface area contributed by atoms with E-state index in [0.29, 0.717) is 29.1 Å². The van der Waals surface area contributed by atoms with Gasteiger partial charge in [-0.05, 0) is 49.4 Å². The van der Waals surface area contributed by atoms with Crippen molar-refractivity contribution in [2.75, 3.05) is 5.32 Å². The van der Waals surface area contributed by atoms with Crippen LogP contribution in [0.3, 0.4) is 0 Å². The number of nitrogens with one attached hydrogen (secondary N) is 1. The molecule has 2 aromatic carbocycles. The van der Waals surface area contributed by atoms with Crippen LogP contribution in [0, 0.1) is 12.7 Å². The highest BCUT2D eigenvalue weighted by Crippen LogP contribution is 2.36. The molecule has 0 atom stereocenters. The Balaban J connectivity index is 1.67. The predicted octanol–water partition coefficient (Wildman–Crippen LogP) is 6.73. The molecule has 1 N–H and O–H groups in total. The van der Waals surface area contributed by atoms with E-state index in [4.69, 9.17) is 0 Å². The third-order valence-electron chi connectivity index (χ3n) is 4.74. The van der Waals surface area contributed by atoms with Crippen molar-refractivity contribution in [1.29, 1.82) is 0 Å². The fraction of sp³-hybridized carbons (Fsp3) is 0.136. The van der Waals surface area contributed by atoms with E-state index in [0.717, 1.165) is 11.3 Å². The number of aromatic nitrogens is 3. The maximum Gasteiger partial charge on any atom is 0.416 e. The van der Waals surface area contributed by atoms with E-state index in [2.05, 4.69) is 15.4 Å². The van der Waals surface area contributed by atoms with Crippen molar-refractivity contribution in [1.82, 2.24) is 14.8 Å². The highest BCUT2D eigenvalue weighted by molar-refractivity contribution is 7.12. The van der Waals surface area contributed by atoms with Crippen LogP contribution in [0.5, 0.6) is 0 Å². The van der Waals surface area contributed by atoms with E-state index in [-0.39, 0.29) is 17.0 Å². The van der Waals surface area contributed by atoms with E-state index in [9.17, 15) is 35.5 Å². The van der Waals surface area contributed by atoms with E-state index < -0.39 is 40.8 Å². The number of alkyl halides is 6. The monoisotopic (exact) mass is 514 g/mol. The van der Waals surface area contributed by atoms with Crippen molar-refractivity contribution >= 4 is 23.1 Å². The Hall–Kier alpha value is -3.74. The average Bonchev–Trinajstić information content (AvgIpc) is 3.39. The van der Waals surface area contributed by atoms with Gasteiger partial charge in [0, 0.05) is 22.6 Å². The number of carbonyl (C=O) groups excluding carboxylic acids is 1. The molecule has 0 saturated heterocycles. The topological polar surface area (TPSA) is 59.8 Å². The molecule has 4 aromatic rings. The summed E-state index contributed by atoms with van der Waals surface area (Å²) in [5.74, 6) is -1.64. The van der Waals surface area contributed by atoms with Crippen LogP contribution in [0.2, 0.25) is 0 Å². The third kappa shape index (κ3) is 5.34. The van der Waals surface area contributed by atoms with E-state index in [1.807, 2.05) is 0 Å². The molecule has 1 amide bonds. The number of rotatable bonds is 4. The summed E-state index contributed by atoms with van der Waals surface area (Å²) in [6, 6.07) is 7.54. The number of anilines is 1. The van der Waals surface area contributed by atoms with Gasteiger partial charge >= 0.3 is 12.4 Å². The van der Waals surface area contributed by atoms with Gasteiger partial charge in [-0.25, -0.2) is 9.37 Å². The minimum atomic E-state index is -5.09. The van der Waals surface area contributed by atoms with Gasteiger partial charge in [0.2, 0.25) is 5.13 Å². The molecule has 0 saturated carbocycles. The van der Waals surface area contributed by atoms with Crippen molar-refractivity contribution in [3.05, 3.63) is 82.1 Å². The second-order valence-corrected chi connectivity index (χ2v) is 8.19. The minimum absolute atomic E-state index is 0.0153. The molecule has 0 radical (unpaired) electrons. The first-order chi connectivity index (χ1) is 16.3. The van der Waals surface area contributed by atoms with Crippen molar-refractivity contribution in [2.45, 2.75) is 19.3 Å². The Morgan fingerprint density at radius 3 is 2.11 bits per heavy atom. The van der Waals surface area contributed by atoms with Gasteiger partial charge in [0.1, 0.15) is 11.6 Å². The number of aryl methyl sites for hydroxylation is 1. The van der Waals surface area contributed by atoms with Crippen LogP contribution < -0.4 is 5.32 Å². The number of amides is 1. The Bertz CT molecular complexity index is 1360.